The molecule has 20 unspecified atom stereocenters. The number of carbonyl (C=O) groups is 3. The highest BCUT2D eigenvalue weighted by Crippen LogP contribution is 2.26. The summed E-state index contributed by atoms with van der Waals surface area (Å²) >= 11 is 0. The molecule has 560 valence electrons. The minimum absolute atomic E-state index is 0.00671. The number of unbranched alkanes of at least 4 members (excludes halogenated alkanes) is 1. The average molecular weight is 1400 g/mol. The maximum absolute atomic E-state index is 12.2. The molecule has 20 atom stereocenters. The van der Waals surface area contributed by atoms with Gasteiger partial charge in [0.25, 0.3) is 0 Å². The number of hydrogen-bond acceptors (Lipinski definition) is 21. The van der Waals surface area contributed by atoms with Gasteiger partial charge in [-0.2, -0.15) is 0 Å². The third-order valence-electron chi connectivity index (χ3n) is 16.2. The molecule has 0 spiro atoms. The van der Waals surface area contributed by atoms with Crippen molar-refractivity contribution < 1.29 is 101 Å². The Hall–Kier alpha value is -5.97. The van der Waals surface area contributed by atoms with Crippen LogP contribution in [0.2, 0.25) is 0 Å². The molecule has 99 heavy (non-hydrogen) atoms. The number of nitrogens with two attached hydrogens (primary N) is 1. The summed E-state index contributed by atoms with van der Waals surface area (Å²) in [6.07, 6.45) is 34.1. The lowest BCUT2D eigenvalue weighted by Gasteiger charge is -2.41. The molecule has 0 aromatic heterocycles. The Morgan fingerprint density at radius 1 is 0.566 bits per heavy atom. The predicted octanol–water partition coefficient (Wildman–Crippen LogP) is 6.01. The van der Waals surface area contributed by atoms with Gasteiger partial charge in [-0.15, -0.1) is 6.58 Å². The van der Waals surface area contributed by atoms with Gasteiger partial charge in [-0.3, -0.25) is 14.4 Å². The number of rotatable bonds is 46. The molecule has 0 saturated carbocycles. The molecule has 2 aliphatic rings. The Balaban J connectivity index is 0.00000164. The first-order valence-corrected chi connectivity index (χ1v) is 34.5. The normalized spacial score (nSPS) is 22.8. The minimum atomic E-state index is -1.13. The van der Waals surface area contributed by atoms with Crippen molar-refractivity contribution >= 4 is 17.5 Å². The molecule has 1 aliphatic carbocycles. The van der Waals surface area contributed by atoms with Crippen molar-refractivity contribution in [2.24, 2.45) is 29.4 Å². The van der Waals surface area contributed by atoms with Crippen LogP contribution in [0.5, 0.6) is 0 Å². The van der Waals surface area contributed by atoms with E-state index >= 15 is 0 Å². The number of aliphatic hydroxyl groups excluding tert-OH is 16. The van der Waals surface area contributed by atoms with E-state index in [2.05, 4.69) is 30.6 Å². The fourth-order valence-electron chi connectivity index (χ4n) is 10.1. The third kappa shape index (κ3) is 44.8. The maximum Gasteiger partial charge on any atom is 0.248 e. The molecule has 1 saturated heterocycles. The maximum atomic E-state index is 12.2. The fourth-order valence-corrected chi connectivity index (χ4v) is 10.1. The molecule has 19 N–H and O–H groups in total. The standard InChI is InChI=1S/C36H45NO5.C32H59NO11.C9H18O4/c1-4-5-6-7-8-16-19-22-25-31(38)30(3)36(42)29(2)24-21-18-15-13-11-9-10-12-14-17-20-23-26-34(41)37-35-32(39)27-28-33(35)40;1-3-7-31(43)21(2)32(44)20-30(42)19-29(41)17-25(37)11-5-10-24(36)16-28(40)18-27(39)15-23(35)9-4-8-22(34)14-26(38)12-6-13-33;1-4(2)9-8(12)7(11)6(10)5(3)13-9/h4-14,16-17,19-26,29-31,36,38-39,42H,1,15,18,27-28H2,2-3H3,(H,37,41);3-5,9,11,21-31,34-43H,1,6-8,10,12-20,33H2,2H3;4-12H,1-3H3/b6-5+,8-7+,10-9+,13-11+,14-12+,19-16+,20-17+,24-21+,25-22+,26-23+;9-4+,11-5+;. The topological polar surface area (TPSA) is 422 Å². The Morgan fingerprint density at radius 3 is 1.59 bits per heavy atom. The van der Waals surface area contributed by atoms with Gasteiger partial charge in [0.05, 0.1) is 85.5 Å². The monoisotopic (exact) mass is 1390 g/mol. The van der Waals surface area contributed by atoms with E-state index in [0.29, 0.717) is 19.4 Å². The van der Waals surface area contributed by atoms with E-state index in [1.54, 1.807) is 56.4 Å². The first-order chi connectivity index (χ1) is 46.9. The zero-order chi connectivity index (χ0) is 74.8. The van der Waals surface area contributed by atoms with Gasteiger partial charge >= 0.3 is 0 Å². The lowest BCUT2D eigenvalue weighted by atomic mass is 9.88. The second kappa shape index (κ2) is 55.7. The van der Waals surface area contributed by atoms with Gasteiger partial charge in [0.1, 0.15) is 35.6 Å². The van der Waals surface area contributed by atoms with Gasteiger partial charge in [0.2, 0.25) is 5.91 Å². The number of aliphatic hydroxyl groups is 16. The van der Waals surface area contributed by atoms with E-state index in [1.165, 1.54) is 30.4 Å². The molecule has 0 aromatic rings. The molecule has 0 aromatic carbocycles. The van der Waals surface area contributed by atoms with Crippen LogP contribution in [0.3, 0.4) is 0 Å². The number of nitrogens with one attached hydrogen (secondary N) is 1. The van der Waals surface area contributed by atoms with Crippen LogP contribution in [0.1, 0.15) is 144 Å². The molecule has 0 bridgehead atoms. The van der Waals surface area contributed by atoms with Crippen LogP contribution >= 0.6 is 0 Å². The lowest BCUT2D eigenvalue weighted by molar-refractivity contribution is -0.226. The Morgan fingerprint density at radius 2 is 1.06 bits per heavy atom. The van der Waals surface area contributed by atoms with Crippen LogP contribution in [-0.4, -0.2) is 209 Å². The second-order valence-corrected chi connectivity index (χ2v) is 25.6. The number of ketones is 2. The average Bonchev–Trinajstić information content (AvgIpc) is 1.35. The molecule has 2 rings (SSSR count). The van der Waals surface area contributed by atoms with Gasteiger partial charge in [0.15, 0.2) is 5.78 Å². The smallest absolute Gasteiger partial charge is 0.248 e. The Kier molecular flexibility index (Phi) is 52.3. The summed E-state index contributed by atoms with van der Waals surface area (Å²) in [6, 6.07) is 0. The van der Waals surface area contributed by atoms with E-state index in [-0.39, 0.29) is 118 Å². The van der Waals surface area contributed by atoms with Crippen LogP contribution in [0, 0.1) is 23.7 Å². The van der Waals surface area contributed by atoms with Crippen LogP contribution in [-0.2, 0) is 19.1 Å². The molecule has 0 radical (unpaired) electrons. The summed E-state index contributed by atoms with van der Waals surface area (Å²) in [7, 11) is 0. The number of amides is 1. The lowest BCUT2D eigenvalue weighted by Crippen LogP contribution is -2.57. The molecule has 1 fully saturated rings. The predicted molar refractivity (Wildman–Crippen MR) is 388 cm³/mol. The van der Waals surface area contributed by atoms with Crippen LogP contribution in [0.25, 0.3) is 0 Å². The highest BCUT2D eigenvalue weighted by Gasteiger charge is 2.42. The van der Waals surface area contributed by atoms with Crippen LogP contribution in [0.15, 0.2) is 183 Å². The number of hydrogen-bond donors (Lipinski definition) is 18. The van der Waals surface area contributed by atoms with Gasteiger partial charge in [-0.05, 0) is 90.0 Å². The molecule has 1 aliphatic heterocycles. The number of Topliss-reactive ketones (excluding diaryl/α,β-unsaturated/α-hetero) is 2. The number of allylic oxidation sites excluding steroid dienone is 20. The number of ether oxygens (including phenoxy) is 1. The third-order valence-corrected chi connectivity index (χ3v) is 16.2. The molecular weight excluding hydrogens is 1270 g/mol. The van der Waals surface area contributed by atoms with Crippen LogP contribution in [0.4, 0.5) is 0 Å². The molecular formula is C77H122N2O20. The number of carbonyl (C=O) groups excluding carboxylic acids is 3. The van der Waals surface area contributed by atoms with E-state index < -0.39 is 116 Å². The van der Waals surface area contributed by atoms with Crippen molar-refractivity contribution in [1.29, 1.82) is 0 Å². The van der Waals surface area contributed by atoms with Crippen molar-refractivity contribution in [3.63, 3.8) is 0 Å². The van der Waals surface area contributed by atoms with Gasteiger partial charge in [-0.1, -0.05) is 193 Å². The SMILES string of the molecule is C=C/C=C/C=C/C=C/C=C/C(O)C(C)C(O)C(C)/C=C/CC/C=C/C=C/C=C/C=C/C=C/C(=O)NC1=C(O)CCC1=O.C=CCC(O)C(C)C(=O)CC(O)CC(O)CC(O)/C=C/CC(O)CC(O)CC(O)CC(O)/C=C/CC(O)CC(O)CCCN.CC(C)C1OC(C)C(O)C(O)C1O. The summed E-state index contributed by atoms with van der Waals surface area (Å²) in [5.41, 5.74) is 5.39. The summed E-state index contributed by atoms with van der Waals surface area (Å²) in [5.74, 6) is -2.06. The van der Waals surface area contributed by atoms with Crippen molar-refractivity contribution in [2.45, 2.75) is 248 Å². The van der Waals surface area contributed by atoms with Crippen molar-refractivity contribution in [1.82, 2.24) is 5.32 Å². The first-order valence-electron chi connectivity index (χ1n) is 34.5. The highest BCUT2D eigenvalue weighted by atomic mass is 16.5. The molecule has 22 nitrogen and oxygen atoms in total. The van der Waals surface area contributed by atoms with E-state index in [4.69, 9.17) is 10.5 Å². The summed E-state index contributed by atoms with van der Waals surface area (Å²) < 4.78 is 5.38. The summed E-state index contributed by atoms with van der Waals surface area (Å²) in [4.78, 5) is 35.5. The Bertz CT molecular complexity index is 2650. The highest BCUT2D eigenvalue weighted by molar-refractivity contribution is 6.03. The first kappa shape index (κ1) is 93.0. The zero-order valence-electron chi connectivity index (χ0n) is 58.9. The summed E-state index contributed by atoms with van der Waals surface area (Å²) in [5, 5.41) is 162. The zero-order valence-corrected chi connectivity index (χ0v) is 58.9. The molecule has 22 heteroatoms. The molecule has 1 heterocycles. The van der Waals surface area contributed by atoms with Crippen molar-refractivity contribution in [3.05, 3.63) is 183 Å². The largest absolute Gasteiger partial charge is 0.510 e. The van der Waals surface area contributed by atoms with E-state index in [1.807, 2.05) is 101 Å². The van der Waals surface area contributed by atoms with E-state index in [9.17, 15) is 96.1 Å². The van der Waals surface area contributed by atoms with Gasteiger partial charge in [0, 0.05) is 55.9 Å². The Labute approximate surface area is 587 Å². The van der Waals surface area contributed by atoms with Crippen molar-refractivity contribution in [3.8, 4) is 0 Å². The molecule has 1 amide bonds. The fraction of sp³-hybridized carbons (Fsp3) is 0.571. The van der Waals surface area contributed by atoms with Crippen LogP contribution < -0.4 is 11.1 Å². The van der Waals surface area contributed by atoms with E-state index in [0.717, 1.165) is 12.8 Å². The van der Waals surface area contributed by atoms with Gasteiger partial charge < -0.3 is 97.5 Å². The summed E-state index contributed by atoms with van der Waals surface area (Å²) in [6.45, 7) is 18.4. The van der Waals surface area contributed by atoms with Crippen molar-refractivity contribution in [2.75, 3.05) is 6.54 Å². The quantitative estimate of drug-likeness (QED) is 0.0144. The minimum Gasteiger partial charge on any atom is -0.510 e. The van der Waals surface area contributed by atoms with Gasteiger partial charge in [-0.25, -0.2) is 0 Å². The second-order valence-electron chi connectivity index (χ2n) is 25.6.